The van der Waals surface area contributed by atoms with Gasteiger partial charge in [0.05, 0.1) is 21.8 Å². The Kier molecular flexibility index (Phi) is 4.00. The smallest absolute Gasteiger partial charge is 0.336 e. The quantitative estimate of drug-likeness (QED) is 0.664. The van der Waals surface area contributed by atoms with Gasteiger partial charge in [-0.3, -0.25) is 0 Å². The van der Waals surface area contributed by atoms with Gasteiger partial charge in [0.15, 0.2) is 0 Å². The molecule has 0 atom stereocenters. The summed E-state index contributed by atoms with van der Waals surface area (Å²) >= 11 is 12.2. The van der Waals surface area contributed by atoms with Crippen molar-refractivity contribution in [1.82, 2.24) is 4.98 Å². The zero-order chi connectivity index (χ0) is 16.7. The minimum atomic E-state index is -0.990. The van der Waals surface area contributed by atoms with E-state index < -0.39 is 5.97 Å². The highest BCUT2D eigenvalue weighted by Crippen LogP contribution is 2.33. The van der Waals surface area contributed by atoms with Crippen molar-refractivity contribution in [3.8, 4) is 11.3 Å². The lowest BCUT2D eigenvalue weighted by molar-refractivity contribution is 0.0699. The summed E-state index contributed by atoms with van der Waals surface area (Å²) < 4.78 is 0. The lowest BCUT2D eigenvalue weighted by Gasteiger charge is -2.11. The Labute approximate surface area is 143 Å². The molecule has 0 unspecified atom stereocenters. The number of pyridine rings is 1. The van der Waals surface area contributed by atoms with Gasteiger partial charge < -0.3 is 5.11 Å². The number of fused-ring (bicyclic) bond motifs is 1. The molecular formula is C18H13Cl2NO2. The fraction of sp³-hybridized carbons (Fsp3) is 0.111. The number of hydrogen-bond acceptors (Lipinski definition) is 2. The van der Waals surface area contributed by atoms with E-state index in [0.29, 0.717) is 32.2 Å². The molecule has 1 heterocycles. The second kappa shape index (κ2) is 5.84. The number of carbonyl (C=O) groups is 1. The van der Waals surface area contributed by atoms with Gasteiger partial charge in [-0.2, -0.15) is 0 Å². The van der Waals surface area contributed by atoms with Crippen LogP contribution >= 0.6 is 23.2 Å². The second-order valence-electron chi connectivity index (χ2n) is 5.46. The third-order valence-corrected chi connectivity index (χ3v) is 4.24. The Balaban J connectivity index is 2.37. The van der Waals surface area contributed by atoms with Crippen molar-refractivity contribution in [2.24, 2.45) is 0 Å². The predicted octanol–water partition coefficient (Wildman–Crippen LogP) is 5.52. The number of aromatic nitrogens is 1. The van der Waals surface area contributed by atoms with E-state index in [1.54, 1.807) is 24.3 Å². The molecule has 116 valence electrons. The molecule has 2 aromatic carbocycles. The number of benzene rings is 2. The summed E-state index contributed by atoms with van der Waals surface area (Å²) in [6.07, 6.45) is 0. The highest BCUT2D eigenvalue weighted by atomic mass is 35.5. The standard InChI is InChI=1S/C18H13Cl2NO2/c1-9-5-10(2)17-13(18(22)23)8-15(21-16(17)6-9)12-4-3-11(19)7-14(12)20/h3-8H,1-2H3,(H,22,23). The van der Waals surface area contributed by atoms with Crippen LogP contribution in [-0.4, -0.2) is 16.1 Å². The van der Waals surface area contributed by atoms with E-state index in [0.717, 1.165) is 11.1 Å². The summed E-state index contributed by atoms with van der Waals surface area (Å²) in [5.41, 5.74) is 3.94. The third-order valence-electron chi connectivity index (χ3n) is 3.69. The summed E-state index contributed by atoms with van der Waals surface area (Å²) in [6.45, 7) is 3.84. The number of carboxylic acids is 1. The first kappa shape index (κ1) is 15.8. The van der Waals surface area contributed by atoms with Crippen LogP contribution in [0, 0.1) is 13.8 Å². The number of nitrogens with zero attached hydrogens (tertiary/aromatic N) is 1. The van der Waals surface area contributed by atoms with Crippen molar-refractivity contribution >= 4 is 40.1 Å². The topological polar surface area (TPSA) is 50.2 Å². The molecule has 0 spiro atoms. The number of hydrogen-bond donors (Lipinski definition) is 1. The Morgan fingerprint density at radius 2 is 1.83 bits per heavy atom. The molecule has 3 rings (SSSR count). The average molecular weight is 346 g/mol. The maximum Gasteiger partial charge on any atom is 0.336 e. The first-order valence-electron chi connectivity index (χ1n) is 6.97. The first-order chi connectivity index (χ1) is 10.9. The van der Waals surface area contributed by atoms with Crippen molar-refractivity contribution in [2.45, 2.75) is 13.8 Å². The Bertz CT molecular complexity index is 951. The molecule has 1 N–H and O–H groups in total. The Hall–Kier alpha value is -2.10. The van der Waals surface area contributed by atoms with Crippen LogP contribution in [0.15, 0.2) is 36.4 Å². The fourth-order valence-electron chi connectivity index (χ4n) is 2.76. The SMILES string of the molecule is Cc1cc(C)c2c(C(=O)O)cc(-c3ccc(Cl)cc3Cl)nc2c1. The largest absolute Gasteiger partial charge is 0.478 e. The maximum atomic E-state index is 11.7. The van der Waals surface area contributed by atoms with Crippen LogP contribution in [0.5, 0.6) is 0 Å². The summed E-state index contributed by atoms with van der Waals surface area (Å²) in [7, 11) is 0. The highest BCUT2D eigenvalue weighted by Gasteiger charge is 2.16. The molecule has 5 heteroatoms. The molecule has 0 amide bonds. The van der Waals surface area contributed by atoms with Crippen molar-refractivity contribution < 1.29 is 9.90 Å². The molecule has 0 aliphatic heterocycles. The maximum absolute atomic E-state index is 11.7. The fourth-order valence-corrected chi connectivity index (χ4v) is 3.26. The van der Waals surface area contributed by atoms with Gasteiger partial charge in [0.1, 0.15) is 0 Å². The zero-order valence-corrected chi connectivity index (χ0v) is 14.0. The van der Waals surface area contributed by atoms with E-state index in [9.17, 15) is 9.90 Å². The van der Waals surface area contributed by atoms with E-state index >= 15 is 0 Å². The second-order valence-corrected chi connectivity index (χ2v) is 6.30. The van der Waals surface area contributed by atoms with Gasteiger partial charge in [0.2, 0.25) is 0 Å². The summed E-state index contributed by atoms with van der Waals surface area (Å²) in [4.78, 5) is 16.3. The van der Waals surface area contributed by atoms with Crippen molar-refractivity contribution in [3.05, 3.63) is 63.1 Å². The van der Waals surface area contributed by atoms with Crippen LogP contribution in [0.4, 0.5) is 0 Å². The van der Waals surface area contributed by atoms with E-state index in [1.165, 1.54) is 0 Å². The molecule has 0 fully saturated rings. The van der Waals surface area contributed by atoms with Gasteiger partial charge in [-0.1, -0.05) is 29.3 Å². The number of rotatable bonds is 2. The Morgan fingerprint density at radius 3 is 2.48 bits per heavy atom. The molecule has 0 aliphatic rings. The molecule has 0 bridgehead atoms. The van der Waals surface area contributed by atoms with Crippen LogP contribution in [0.3, 0.4) is 0 Å². The van der Waals surface area contributed by atoms with Crippen molar-refractivity contribution in [3.63, 3.8) is 0 Å². The molecule has 0 saturated heterocycles. The van der Waals surface area contributed by atoms with Gasteiger partial charge in [0.25, 0.3) is 0 Å². The minimum Gasteiger partial charge on any atom is -0.478 e. The van der Waals surface area contributed by atoms with Crippen LogP contribution < -0.4 is 0 Å². The number of aryl methyl sites for hydroxylation is 2. The number of aromatic carboxylic acids is 1. The molecule has 0 aliphatic carbocycles. The molecule has 3 nitrogen and oxygen atoms in total. The minimum absolute atomic E-state index is 0.216. The molecular weight excluding hydrogens is 333 g/mol. The molecule has 23 heavy (non-hydrogen) atoms. The highest BCUT2D eigenvalue weighted by molar-refractivity contribution is 6.36. The predicted molar refractivity (Wildman–Crippen MR) is 93.6 cm³/mol. The normalized spacial score (nSPS) is 11.0. The van der Waals surface area contributed by atoms with Gasteiger partial charge in [-0.15, -0.1) is 0 Å². The number of carboxylic acid groups (broad SMARTS) is 1. The van der Waals surface area contributed by atoms with E-state index in [4.69, 9.17) is 23.2 Å². The van der Waals surface area contributed by atoms with Crippen molar-refractivity contribution in [1.29, 1.82) is 0 Å². The van der Waals surface area contributed by atoms with Gasteiger partial charge in [-0.05, 0) is 55.3 Å². The zero-order valence-electron chi connectivity index (χ0n) is 12.5. The first-order valence-corrected chi connectivity index (χ1v) is 7.73. The van der Waals surface area contributed by atoms with Gasteiger partial charge in [-0.25, -0.2) is 9.78 Å². The summed E-state index contributed by atoms with van der Waals surface area (Å²) in [5, 5.41) is 11.2. The molecule has 0 saturated carbocycles. The van der Waals surface area contributed by atoms with Crippen LogP contribution in [-0.2, 0) is 0 Å². The van der Waals surface area contributed by atoms with Crippen LogP contribution in [0.25, 0.3) is 22.2 Å². The number of halogens is 2. The third kappa shape index (κ3) is 2.90. The lowest BCUT2D eigenvalue weighted by Crippen LogP contribution is -2.02. The average Bonchev–Trinajstić information content (AvgIpc) is 2.45. The lowest BCUT2D eigenvalue weighted by atomic mass is 9.99. The van der Waals surface area contributed by atoms with Gasteiger partial charge >= 0.3 is 5.97 Å². The monoisotopic (exact) mass is 345 g/mol. The molecule has 1 aromatic heterocycles. The molecule has 0 radical (unpaired) electrons. The van der Waals surface area contributed by atoms with Crippen LogP contribution in [0.2, 0.25) is 10.0 Å². The van der Waals surface area contributed by atoms with Crippen molar-refractivity contribution in [2.75, 3.05) is 0 Å². The molecule has 3 aromatic rings. The van der Waals surface area contributed by atoms with Gasteiger partial charge in [0, 0.05) is 16.0 Å². The summed E-state index contributed by atoms with van der Waals surface area (Å²) in [6, 6.07) is 10.4. The van der Waals surface area contributed by atoms with Crippen LogP contribution in [0.1, 0.15) is 21.5 Å². The van der Waals surface area contributed by atoms with E-state index in [2.05, 4.69) is 4.98 Å². The van der Waals surface area contributed by atoms with E-state index in [1.807, 2.05) is 26.0 Å². The Morgan fingerprint density at radius 1 is 1.09 bits per heavy atom. The van der Waals surface area contributed by atoms with E-state index in [-0.39, 0.29) is 5.56 Å². The summed E-state index contributed by atoms with van der Waals surface area (Å²) in [5.74, 6) is -0.990.